The van der Waals surface area contributed by atoms with Crippen molar-refractivity contribution in [1.29, 1.82) is 0 Å². The fourth-order valence-electron chi connectivity index (χ4n) is 2.42. The summed E-state index contributed by atoms with van der Waals surface area (Å²) in [5.74, 6) is 0.735. The normalized spacial score (nSPS) is 10.8. The van der Waals surface area contributed by atoms with Gasteiger partial charge < -0.3 is 4.90 Å². The molecule has 0 saturated carbocycles. The van der Waals surface area contributed by atoms with Crippen molar-refractivity contribution >= 4 is 38.3 Å². The molecule has 0 atom stereocenters. The number of anilines is 2. The Kier molecular flexibility index (Phi) is 4.15. The molecule has 1 heterocycles. The average Bonchev–Trinajstić information content (AvgIpc) is 2.56. The first-order valence-electron chi connectivity index (χ1n) is 6.95. The van der Waals surface area contributed by atoms with Crippen molar-refractivity contribution in [1.82, 2.24) is 9.97 Å². The number of alkyl halides is 1. The summed E-state index contributed by atoms with van der Waals surface area (Å²) in [6.45, 7) is 2.94. The van der Waals surface area contributed by atoms with E-state index in [1.54, 1.807) is 0 Å². The maximum atomic E-state index is 4.49. The largest absolute Gasteiger partial charge is 0.310 e. The highest BCUT2D eigenvalue weighted by Gasteiger charge is 2.12. The molecule has 3 aromatic rings. The van der Waals surface area contributed by atoms with Crippen molar-refractivity contribution in [3.05, 3.63) is 60.4 Å². The van der Waals surface area contributed by atoms with Gasteiger partial charge in [0.1, 0.15) is 0 Å². The lowest BCUT2D eigenvalue weighted by Crippen LogP contribution is -2.19. The summed E-state index contributed by atoms with van der Waals surface area (Å²) in [6, 6.07) is 14.7. The molecule has 3 rings (SSSR count). The lowest BCUT2D eigenvalue weighted by atomic mass is 10.1. The second-order valence-electron chi connectivity index (χ2n) is 4.77. The van der Waals surface area contributed by atoms with Crippen LogP contribution in [-0.2, 0) is 5.33 Å². The molecule has 0 aliphatic carbocycles. The first kappa shape index (κ1) is 14.0. The molecule has 0 radical (unpaired) electrons. The van der Waals surface area contributed by atoms with Crippen LogP contribution in [-0.4, -0.2) is 16.5 Å². The number of aromatic nitrogens is 2. The van der Waals surface area contributed by atoms with Crippen LogP contribution in [0.5, 0.6) is 0 Å². The molecule has 0 spiro atoms. The van der Waals surface area contributed by atoms with E-state index in [2.05, 4.69) is 80.2 Å². The van der Waals surface area contributed by atoms with Crippen LogP contribution in [0, 0.1) is 0 Å². The number of fused-ring (bicyclic) bond motifs is 1. The summed E-state index contributed by atoms with van der Waals surface area (Å²) in [4.78, 5) is 11.1. The van der Waals surface area contributed by atoms with Crippen molar-refractivity contribution in [3.63, 3.8) is 0 Å². The molecule has 0 amide bonds. The molecule has 4 heteroatoms. The molecule has 0 fully saturated rings. The van der Waals surface area contributed by atoms with Gasteiger partial charge in [0, 0.05) is 29.7 Å². The molecule has 3 nitrogen and oxygen atoms in total. The Hall–Kier alpha value is -1.94. The van der Waals surface area contributed by atoms with Gasteiger partial charge in [0.2, 0.25) is 5.95 Å². The third-order valence-electron chi connectivity index (χ3n) is 3.46. The van der Waals surface area contributed by atoms with E-state index in [1.165, 1.54) is 10.8 Å². The van der Waals surface area contributed by atoms with E-state index in [9.17, 15) is 0 Å². The zero-order valence-electron chi connectivity index (χ0n) is 11.8. The Morgan fingerprint density at radius 2 is 1.71 bits per heavy atom. The number of rotatable bonds is 4. The van der Waals surface area contributed by atoms with Crippen molar-refractivity contribution in [2.24, 2.45) is 0 Å². The predicted molar refractivity (Wildman–Crippen MR) is 91.3 cm³/mol. The molecule has 2 aromatic carbocycles. The molecule has 1 aromatic heterocycles. The summed E-state index contributed by atoms with van der Waals surface area (Å²) in [5.41, 5.74) is 2.22. The lowest BCUT2D eigenvalue weighted by molar-refractivity contribution is 0.944. The number of benzene rings is 2. The topological polar surface area (TPSA) is 29.0 Å². The molecule has 0 N–H and O–H groups in total. The smallest absolute Gasteiger partial charge is 0.229 e. The Labute approximate surface area is 132 Å². The van der Waals surface area contributed by atoms with Gasteiger partial charge in [0.25, 0.3) is 0 Å². The van der Waals surface area contributed by atoms with Crippen molar-refractivity contribution in [2.45, 2.75) is 12.3 Å². The first-order chi connectivity index (χ1) is 10.3. The quantitative estimate of drug-likeness (QED) is 0.645. The summed E-state index contributed by atoms with van der Waals surface area (Å²) < 4.78 is 0. The molecule has 0 aliphatic heterocycles. The molecule has 0 aliphatic rings. The predicted octanol–water partition coefficient (Wildman–Crippen LogP) is 4.68. The third kappa shape index (κ3) is 2.76. The van der Waals surface area contributed by atoms with Crippen molar-refractivity contribution < 1.29 is 0 Å². The van der Waals surface area contributed by atoms with Gasteiger partial charge in [-0.15, -0.1) is 0 Å². The Balaban J connectivity index is 2.09. The van der Waals surface area contributed by atoms with E-state index in [-0.39, 0.29) is 0 Å². The van der Waals surface area contributed by atoms with E-state index in [0.717, 1.165) is 29.1 Å². The maximum Gasteiger partial charge on any atom is 0.229 e. The summed E-state index contributed by atoms with van der Waals surface area (Å²) in [5, 5.41) is 3.22. The summed E-state index contributed by atoms with van der Waals surface area (Å²) in [6.07, 6.45) is 3.73. The number of nitrogens with zero attached hydrogens (tertiary/aromatic N) is 3. The van der Waals surface area contributed by atoms with Crippen LogP contribution < -0.4 is 4.90 Å². The average molecular weight is 342 g/mol. The standard InChI is InChI=1S/C17H16BrN3/c1-2-21(17-19-11-13(10-18)12-20-17)16-9-5-7-14-6-3-4-8-15(14)16/h3-9,11-12H,2,10H2,1H3. The minimum atomic E-state index is 0.735. The molecular formula is C17H16BrN3. The van der Waals surface area contributed by atoms with Gasteiger partial charge in [-0.05, 0) is 23.9 Å². The summed E-state index contributed by atoms with van der Waals surface area (Å²) >= 11 is 3.42. The number of hydrogen-bond donors (Lipinski definition) is 0. The highest BCUT2D eigenvalue weighted by molar-refractivity contribution is 9.08. The van der Waals surface area contributed by atoms with Gasteiger partial charge in [0.15, 0.2) is 0 Å². The molecule has 0 unspecified atom stereocenters. The summed E-state index contributed by atoms with van der Waals surface area (Å²) in [7, 11) is 0. The van der Waals surface area contributed by atoms with Crippen LogP contribution in [0.4, 0.5) is 11.6 Å². The highest BCUT2D eigenvalue weighted by Crippen LogP contribution is 2.30. The van der Waals surface area contributed by atoms with E-state index in [1.807, 2.05) is 12.4 Å². The van der Waals surface area contributed by atoms with Crippen LogP contribution in [0.25, 0.3) is 10.8 Å². The minimum Gasteiger partial charge on any atom is -0.310 e. The molecule has 21 heavy (non-hydrogen) atoms. The monoisotopic (exact) mass is 341 g/mol. The van der Waals surface area contributed by atoms with Crippen molar-refractivity contribution in [2.75, 3.05) is 11.4 Å². The Morgan fingerprint density at radius 3 is 2.43 bits per heavy atom. The molecule has 0 saturated heterocycles. The Bertz CT molecular complexity index is 735. The van der Waals surface area contributed by atoms with Crippen LogP contribution in [0.3, 0.4) is 0 Å². The molecular weight excluding hydrogens is 326 g/mol. The third-order valence-corrected chi connectivity index (χ3v) is 4.11. The van der Waals surface area contributed by atoms with Gasteiger partial charge in [-0.3, -0.25) is 0 Å². The zero-order valence-corrected chi connectivity index (χ0v) is 13.4. The van der Waals surface area contributed by atoms with Gasteiger partial charge >= 0.3 is 0 Å². The number of hydrogen-bond acceptors (Lipinski definition) is 3. The Morgan fingerprint density at radius 1 is 1.00 bits per heavy atom. The van der Waals surface area contributed by atoms with Crippen LogP contribution in [0.1, 0.15) is 12.5 Å². The second kappa shape index (κ2) is 6.22. The van der Waals surface area contributed by atoms with Crippen LogP contribution in [0.2, 0.25) is 0 Å². The zero-order chi connectivity index (χ0) is 14.7. The lowest BCUT2D eigenvalue weighted by Gasteiger charge is -2.22. The SMILES string of the molecule is CCN(c1ncc(CBr)cn1)c1cccc2ccccc12. The van der Waals surface area contributed by atoms with Gasteiger partial charge in [0.05, 0.1) is 5.69 Å². The van der Waals surface area contributed by atoms with E-state index in [0.29, 0.717) is 0 Å². The van der Waals surface area contributed by atoms with E-state index in [4.69, 9.17) is 0 Å². The fourth-order valence-corrected chi connectivity index (χ4v) is 2.71. The fraction of sp³-hybridized carbons (Fsp3) is 0.176. The highest BCUT2D eigenvalue weighted by atomic mass is 79.9. The minimum absolute atomic E-state index is 0.735. The van der Waals surface area contributed by atoms with Gasteiger partial charge in [-0.25, -0.2) is 9.97 Å². The number of halogens is 1. The molecule has 0 bridgehead atoms. The van der Waals surface area contributed by atoms with Crippen LogP contribution >= 0.6 is 15.9 Å². The second-order valence-corrected chi connectivity index (χ2v) is 5.33. The van der Waals surface area contributed by atoms with E-state index < -0.39 is 0 Å². The van der Waals surface area contributed by atoms with E-state index >= 15 is 0 Å². The maximum absolute atomic E-state index is 4.49. The molecule has 106 valence electrons. The van der Waals surface area contributed by atoms with Gasteiger partial charge in [-0.2, -0.15) is 0 Å². The first-order valence-corrected chi connectivity index (χ1v) is 8.08. The van der Waals surface area contributed by atoms with Gasteiger partial charge in [-0.1, -0.05) is 52.3 Å². The van der Waals surface area contributed by atoms with Crippen molar-refractivity contribution in [3.8, 4) is 0 Å². The van der Waals surface area contributed by atoms with Crippen LogP contribution in [0.15, 0.2) is 54.9 Å².